The van der Waals surface area contributed by atoms with Crippen molar-refractivity contribution in [2.24, 2.45) is 0 Å². The maximum atomic E-state index is 9.27. The number of hydrogen-bond donors (Lipinski definition) is 1. The van der Waals surface area contributed by atoms with Crippen LogP contribution in [0.15, 0.2) is 0 Å². The minimum Gasteiger partial charge on any atom is -0.432 e. The van der Waals surface area contributed by atoms with Crippen molar-refractivity contribution in [2.75, 3.05) is 14.2 Å². The molecule has 0 aromatic rings. The highest BCUT2D eigenvalue weighted by atomic mass is 33.0. The summed E-state index contributed by atoms with van der Waals surface area (Å²) in [6, 6.07) is 0. The highest BCUT2D eigenvalue weighted by molar-refractivity contribution is 8.67. The molecule has 0 saturated carbocycles. The van der Waals surface area contributed by atoms with E-state index in [0.717, 1.165) is 0 Å². The highest BCUT2D eigenvalue weighted by Crippen LogP contribution is 2.19. The minimum atomic E-state index is -1.59. The van der Waals surface area contributed by atoms with Gasteiger partial charge in [0.05, 0.1) is 12.2 Å². The van der Waals surface area contributed by atoms with Gasteiger partial charge in [-0.2, -0.15) is 0 Å². The molecule has 0 heterocycles. The Morgan fingerprint density at radius 2 is 1.71 bits per heavy atom. The Hall–Kier alpha value is 0.760. The molecule has 0 radical (unpaired) electrons. The first-order valence-corrected chi connectivity index (χ1v) is 4.81. The van der Waals surface area contributed by atoms with Crippen LogP contribution in [0.4, 0.5) is 0 Å². The first-order chi connectivity index (χ1) is 3.15. The van der Waals surface area contributed by atoms with Gasteiger partial charge >= 0.3 is 0 Å². The number of thiol groups is 1. The first kappa shape index (κ1) is 10.7. The molecule has 44 valence electrons. The van der Waals surface area contributed by atoms with Crippen molar-refractivity contribution in [2.45, 2.75) is 0 Å². The zero-order valence-corrected chi connectivity index (χ0v) is 6.72. The fraction of sp³-hybridized carbons (Fsp3) is 1.00. The molecule has 0 fully saturated rings. The Bertz CT molecular complexity index is 45.0. The average Bonchev–Trinajstić information content (AvgIpc) is 1.33. The summed E-state index contributed by atoms with van der Waals surface area (Å²) in [5.74, 6) is 0. The Kier molecular flexibility index (Phi) is 15.1. The van der Waals surface area contributed by atoms with Gasteiger partial charge in [-0.25, -0.2) is 0 Å². The smallest absolute Gasteiger partial charge is 0.274 e. The van der Waals surface area contributed by atoms with Gasteiger partial charge in [0.15, 0.2) is 0 Å². The van der Waals surface area contributed by atoms with Crippen molar-refractivity contribution in [1.29, 1.82) is 0 Å². The van der Waals surface area contributed by atoms with E-state index in [4.69, 9.17) is 0 Å². The summed E-state index contributed by atoms with van der Waals surface area (Å²) in [6.45, 7) is 0. The topological polar surface area (TPSA) is 26.3 Å². The molecule has 0 bridgehead atoms. The van der Waals surface area contributed by atoms with Crippen LogP contribution < -0.4 is 0 Å². The lowest BCUT2D eigenvalue weighted by molar-refractivity contribution is 0.277. The molecule has 0 N–H and O–H groups in total. The van der Waals surface area contributed by atoms with Crippen LogP contribution in [0.5, 0.6) is 0 Å². The molecular formula is C2H7O2PS2. The van der Waals surface area contributed by atoms with E-state index in [1.807, 2.05) is 0 Å². The summed E-state index contributed by atoms with van der Waals surface area (Å²) in [5, 5.41) is 0. The molecule has 1 atom stereocenters. The summed E-state index contributed by atoms with van der Waals surface area (Å²) < 4.78 is 13.5. The average molecular weight is 158 g/mol. The molecule has 0 amide bonds. The number of hydrogen-bond acceptors (Lipinski definition) is 3. The first-order valence-electron chi connectivity index (χ1n) is 1.38. The highest BCUT2D eigenvalue weighted by Gasteiger charge is 1.67. The summed E-state index contributed by atoms with van der Waals surface area (Å²) in [4.78, 5) is 0. The second-order valence-corrected chi connectivity index (χ2v) is 4.02. The van der Waals surface area contributed by atoms with Crippen LogP contribution in [0.2, 0.25) is 0 Å². The van der Waals surface area contributed by atoms with Crippen LogP contribution >= 0.6 is 18.5 Å². The van der Waals surface area contributed by atoms with E-state index < -0.39 is 6.20 Å². The number of rotatable bonds is 0. The van der Waals surface area contributed by atoms with Crippen LogP contribution in [-0.4, -0.2) is 14.2 Å². The lowest BCUT2D eigenvalue weighted by atomic mass is 11.6. The van der Waals surface area contributed by atoms with Crippen molar-refractivity contribution in [3.05, 3.63) is 0 Å². The summed E-state index contributed by atoms with van der Waals surface area (Å²) in [5.41, 5.74) is 0. The third kappa shape index (κ3) is 265. The van der Waals surface area contributed by atoms with Gasteiger partial charge in [0.25, 0.3) is 6.20 Å². The SMILES string of the molecule is COC.O=[P+]([S-])S. The van der Waals surface area contributed by atoms with Crippen molar-refractivity contribution >= 4 is 30.7 Å². The predicted octanol–water partition coefficient (Wildman–Crippen LogP) is 1.38. The van der Waals surface area contributed by atoms with Gasteiger partial charge in [-0.05, 0) is 0 Å². The maximum Gasteiger partial charge on any atom is 0.274 e. The molecule has 0 rings (SSSR count). The molecule has 0 aromatic heterocycles. The van der Waals surface area contributed by atoms with Crippen molar-refractivity contribution in [3.8, 4) is 0 Å². The standard InChI is InChI=1S/C2H6O.HOPS2/c1-3-2;1-2(3)4/h1-2H3;(H,1,3,4). The molecule has 0 aliphatic rings. The van der Waals surface area contributed by atoms with Crippen LogP contribution in [0.3, 0.4) is 0 Å². The van der Waals surface area contributed by atoms with Crippen LogP contribution in [-0.2, 0) is 21.6 Å². The molecular weight excluding hydrogens is 151 g/mol. The maximum absolute atomic E-state index is 9.27. The number of ether oxygens (including phenoxy) is 1. The largest absolute Gasteiger partial charge is 0.432 e. The summed E-state index contributed by atoms with van der Waals surface area (Å²) in [6.07, 6.45) is -1.59. The van der Waals surface area contributed by atoms with E-state index >= 15 is 0 Å². The molecule has 7 heavy (non-hydrogen) atoms. The summed E-state index contributed by atoms with van der Waals surface area (Å²) >= 11 is 7.28. The van der Waals surface area contributed by atoms with Gasteiger partial charge in [0, 0.05) is 14.2 Å². The van der Waals surface area contributed by atoms with Crippen molar-refractivity contribution in [3.63, 3.8) is 0 Å². The fourth-order valence-corrected chi connectivity index (χ4v) is 0. The van der Waals surface area contributed by atoms with Gasteiger partial charge in [-0.1, -0.05) is 4.57 Å². The minimum absolute atomic E-state index is 1.59. The normalized spacial score (nSPS) is 8.86. The Morgan fingerprint density at radius 3 is 1.71 bits per heavy atom. The Labute approximate surface area is 54.7 Å². The van der Waals surface area contributed by atoms with Gasteiger partial charge < -0.3 is 17.0 Å². The Balaban J connectivity index is 0. The molecule has 0 aliphatic carbocycles. The predicted molar refractivity (Wildman–Crippen MR) is 36.9 cm³/mol. The molecule has 0 aliphatic heterocycles. The van der Waals surface area contributed by atoms with Crippen molar-refractivity contribution in [1.82, 2.24) is 0 Å². The fourth-order valence-electron chi connectivity index (χ4n) is 0. The van der Waals surface area contributed by atoms with Crippen LogP contribution in [0.1, 0.15) is 0 Å². The van der Waals surface area contributed by atoms with Gasteiger partial charge in [-0.15, -0.1) is 0 Å². The molecule has 0 saturated heterocycles. The van der Waals surface area contributed by atoms with Crippen LogP contribution in [0.25, 0.3) is 0 Å². The van der Waals surface area contributed by atoms with E-state index in [9.17, 15) is 4.57 Å². The second kappa shape index (κ2) is 9.90. The molecule has 1 unspecified atom stereocenters. The molecule has 0 spiro atoms. The van der Waals surface area contributed by atoms with E-state index in [1.165, 1.54) is 0 Å². The zero-order chi connectivity index (χ0) is 6.28. The third-order valence-corrected chi connectivity index (χ3v) is 0. The van der Waals surface area contributed by atoms with E-state index in [1.54, 1.807) is 14.2 Å². The molecule has 5 heteroatoms. The lowest BCUT2D eigenvalue weighted by Crippen LogP contribution is -1.55. The van der Waals surface area contributed by atoms with E-state index in [0.29, 0.717) is 0 Å². The molecule has 0 aromatic carbocycles. The van der Waals surface area contributed by atoms with Gasteiger partial charge in [0.1, 0.15) is 0 Å². The molecule has 2 nitrogen and oxygen atoms in total. The van der Waals surface area contributed by atoms with Crippen LogP contribution in [0, 0.1) is 0 Å². The summed E-state index contributed by atoms with van der Waals surface area (Å²) in [7, 11) is 3.25. The van der Waals surface area contributed by atoms with Gasteiger partial charge in [0.2, 0.25) is 0 Å². The number of methoxy groups -OCH3 is 1. The van der Waals surface area contributed by atoms with E-state index in [-0.39, 0.29) is 0 Å². The monoisotopic (exact) mass is 158 g/mol. The zero-order valence-electron chi connectivity index (χ0n) is 4.12. The van der Waals surface area contributed by atoms with Gasteiger partial charge in [-0.3, -0.25) is 0 Å². The van der Waals surface area contributed by atoms with E-state index in [2.05, 4.69) is 29.2 Å². The quantitative estimate of drug-likeness (QED) is 0.328. The second-order valence-electron chi connectivity index (χ2n) is 0.646. The third-order valence-electron chi connectivity index (χ3n) is 0. The Morgan fingerprint density at radius 1 is 1.71 bits per heavy atom. The van der Waals surface area contributed by atoms with Crippen molar-refractivity contribution < 1.29 is 9.30 Å². The lowest BCUT2D eigenvalue weighted by Gasteiger charge is -1.61.